The van der Waals surface area contributed by atoms with Crippen LogP contribution in [0.1, 0.15) is 16.8 Å². The maximum atomic E-state index is 8.95. The number of halogens is 2. The summed E-state index contributed by atoms with van der Waals surface area (Å²) in [7, 11) is 0. The SMILES string of the molecule is N#Cc1ncccc1COc1ccc(Br)c(CBr)c1. The lowest BCUT2D eigenvalue weighted by atomic mass is 10.2. The van der Waals surface area contributed by atoms with Gasteiger partial charge in [0.2, 0.25) is 0 Å². The molecule has 3 nitrogen and oxygen atoms in total. The van der Waals surface area contributed by atoms with E-state index >= 15 is 0 Å². The number of nitrogens with zero attached hydrogens (tertiary/aromatic N) is 2. The second-order valence-corrected chi connectivity index (χ2v) is 5.21. The predicted molar refractivity (Wildman–Crippen MR) is 80.1 cm³/mol. The van der Waals surface area contributed by atoms with Gasteiger partial charge < -0.3 is 4.74 Å². The largest absolute Gasteiger partial charge is 0.489 e. The first-order valence-electron chi connectivity index (χ1n) is 5.55. The summed E-state index contributed by atoms with van der Waals surface area (Å²) in [6, 6.07) is 11.5. The van der Waals surface area contributed by atoms with E-state index in [4.69, 9.17) is 10.00 Å². The van der Waals surface area contributed by atoms with Crippen LogP contribution in [0, 0.1) is 11.3 Å². The summed E-state index contributed by atoms with van der Waals surface area (Å²) in [4.78, 5) is 4.00. The fraction of sp³-hybridized carbons (Fsp3) is 0.143. The molecule has 1 aromatic heterocycles. The maximum Gasteiger partial charge on any atom is 0.147 e. The van der Waals surface area contributed by atoms with Crippen LogP contribution in [0.4, 0.5) is 0 Å². The lowest BCUT2D eigenvalue weighted by molar-refractivity contribution is 0.305. The van der Waals surface area contributed by atoms with Crippen LogP contribution in [0.5, 0.6) is 5.75 Å². The zero-order valence-electron chi connectivity index (χ0n) is 9.94. The van der Waals surface area contributed by atoms with E-state index in [1.165, 1.54) is 0 Å². The Hall–Kier alpha value is -1.38. The van der Waals surface area contributed by atoms with E-state index in [0.717, 1.165) is 26.7 Å². The second kappa shape index (κ2) is 6.69. The van der Waals surface area contributed by atoms with Gasteiger partial charge in [0.1, 0.15) is 24.1 Å². The number of rotatable bonds is 4. The van der Waals surface area contributed by atoms with Crippen LogP contribution in [0.25, 0.3) is 0 Å². The highest BCUT2D eigenvalue weighted by molar-refractivity contribution is 9.10. The van der Waals surface area contributed by atoms with Gasteiger partial charge in [-0.15, -0.1) is 0 Å². The third-order valence-electron chi connectivity index (χ3n) is 2.55. The highest BCUT2D eigenvalue weighted by atomic mass is 79.9. The smallest absolute Gasteiger partial charge is 0.147 e. The van der Waals surface area contributed by atoms with Crippen LogP contribution in [0.15, 0.2) is 41.0 Å². The topological polar surface area (TPSA) is 45.9 Å². The standard InChI is InChI=1S/C14H10Br2N2O/c15-7-11-6-12(3-4-13(11)16)19-9-10-2-1-5-18-14(10)8-17/h1-6H,7,9H2. The molecule has 0 N–H and O–H groups in total. The van der Waals surface area contributed by atoms with E-state index in [9.17, 15) is 0 Å². The summed E-state index contributed by atoms with van der Waals surface area (Å²) in [6.45, 7) is 0.333. The first-order valence-corrected chi connectivity index (χ1v) is 7.47. The van der Waals surface area contributed by atoms with Gasteiger partial charge in [0, 0.05) is 21.6 Å². The van der Waals surface area contributed by atoms with Gasteiger partial charge in [0.25, 0.3) is 0 Å². The first kappa shape index (κ1) is 14.0. The predicted octanol–water partition coefficient (Wildman–Crippen LogP) is 4.19. The van der Waals surface area contributed by atoms with E-state index in [1.54, 1.807) is 12.3 Å². The minimum absolute atomic E-state index is 0.333. The van der Waals surface area contributed by atoms with Crippen molar-refractivity contribution in [2.24, 2.45) is 0 Å². The number of ether oxygens (including phenoxy) is 1. The number of hydrogen-bond acceptors (Lipinski definition) is 3. The van der Waals surface area contributed by atoms with Crippen LogP contribution in [-0.4, -0.2) is 4.98 Å². The van der Waals surface area contributed by atoms with E-state index < -0.39 is 0 Å². The molecule has 0 atom stereocenters. The van der Waals surface area contributed by atoms with Crippen LogP contribution >= 0.6 is 31.9 Å². The quantitative estimate of drug-likeness (QED) is 0.746. The summed E-state index contributed by atoms with van der Waals surface area (Å²) in [6.07, 6.45) is 1.60. The zero-order chi connectivity index (χ0) is 13.7. The third kappa shape index (κ3) is 3.55. The molecule has 0 aliphatic rings. The summed E-state index contributed by atoms with van der Waals surface area (Å²) in [5.41, 5.74) is 2.30. The molecule has 1 heterocycles. The molecule has 0 saturated carbocycles. The van der Waals surface area contributed by atoms with E-state index in [1.807, 2.05) is 24.3 Å². The molecule has 0 amide bonds. The van der Waals surface area contributed by atoms with Crippen molar-refractivity contribution in [1.29, 1.82) is 5.26 Å². The number of pyridine rings is 1. The van der Waals surface area contributed by atoms with Crippen LogP contribution < -0.4 is 4.74 Å². The van der Waals surface area contributed by atoms with Gasteiger partial charge in [0.05, 0.1) is 0 Å². The van der Waals surface area contributed by atoms with Crippen molar-refractivity contribution in [2.45, 2.75) is 11.9 Å². The Bertz CT molecular complexity index is 623. The Kier molecular flexibility index (Phi) is 4.94. The van der Waals surface area contributed by atoms with Crippen LogP contribution in [-0.2, 0) is 11.9 Å². The molecule has 0 fully saturated rings. The highest BCUT2D eigenvalue weighted by Crippen LogP contribution is 2.25. The lowest BCUT2D eigenvalue weighted by Gasteiger charge is -2.09. The molecule has 2 aromatic rings. The third-order valence-corrected chi connectivity index (χ3v) is 3.93. The molecule has 0 saturated heterocycles. The molecule has 0 aliphatic heterocycles. The van der Waals surface area contributed by atoms with Crippen molar-refractivity contribution < 1.29 is 4.74 Å². The average Bonchev–Trinajstić information content (AvgIpc) is 2.46. The zero-order valence-corrected chi connectivity index (χ0v) is 13.1. The molecular weight excluding hydrogens is 372 g/mol. The number of hydrogen-bond donors (Lipinski definition) is 0. The normalized spacial score (nSPS) is 9.95. The van der Waals surface area contributed by atoms with Gasteiger partial charge in [-0.1, -0.05) is 37.9 Å². The number of benzene rings is 1. The molecule has 96 valence electrons. The molecular formula is C14H10Br2N2O. The first-order chi connectivity index (χ1) is 9.24. The average molecular weight is 382 g/mol. The van der Waals surface area contributed by atoms with Crippen molar-refractivity contribution in [3.05, 3.63) is 57.8 Å². The minimum atomic E-state index is 0.333. The Morgan fingerprint density at radius 3 is 2.84 bits per heavy atom. The molecule has 2 rings (SSSR count). The molecule has 1 aromatic carbocycles. The molecule has 0 bridgehead atoms. The van der Waals surface area contributed by atoms with Gasteiger partial charge in [-0.05, 0) is 29.8 Å². The van der Waals surface area contributed by atoms with Gasteiger partial charge in [-0.3, -0.25) is 0 Å². The van der Waals surface area contributed by atoms with E-state index in [0.29, 0.717) is 12.3 Å². The van der Waals surface area contributed by atoms with Gasteiger partial charge in [-0.25, -0.2) is 4.98 Å². The Balaban J connectivity index is 2.13. The molecule has 0 spiro atoms. The van der Waals surface area contributed by atoms with Crippen LogP contribution in [0.2, 0.25) is 0 Å². The fourth-order valence-electron chi connectivity index (χ4n) is 1.56. The maximum absolute atomic E-state index is 8.95. The van der Waals surface area contributed by atoms with Gasteiger partial charge in [-0.2, -0.15) is 5.26 Å². The number of aromatic nitrogens is 1. The lowest BCUT2D eigenvalue weighted by Crippen LogP contribution is -2.00. The van der Waals surface area contributed by atoms with E-state index in [2.05, 4.69) is 42.9 Å². The summed E-state index contributed by atoms with van der Waals surface area (Å²) < 4.78 is 6.74. The molecule has 19 heavy (non-hydrogen) atoms. The van der Waals surface area contributed by atoms with Crippen molar-refractivity contribution in [2.75, 3.05) is 0 Å². The van der Waals surface area contributed by atoms with Gasteiger partial charge >= 0.3 is 0 Å². The molecule has 0 aliphatic carbocycles. The Morgan fingerprint density at radius 1 is 1.26 bits per heavy atom. The Labute approximate surface area is 128 Å². The monoisotopic (exact) mass is 380 g/mol. The van der Waals surface area contributed by atoms with Crippen molar-refractivity contribution in [3.63, 3.8) is 0 Å². The van der Waals surface area contributed by atoms with E-state index in [-0.39, 0.29) is 0 Å². The Morgan fingerprint density at radius 2 is 2.11 bits per heavy atom. The van der Waals surface area contributed by atoms with Crippen molar-refractivity contribution in [3.8, 4) is 11.8 Å². The summed E-state index contributed by atoms with van der Waals surface area (Å²) in [5.74, 6) is 0.769. The summed E-state index contributed by atoms with van der Waals surface area (Å²) >= 11 is 6.89. The number of alkyl halides is 1. The highest BCUT2D eigenvalue weighted by Gasteiger charge is 2.05. The van der Waals surface area contributed by atoms with Crippen molar-refractivity contribution >= 4 is 31.9 Å². The summed E-state index contributed by atoms with van der Waals surface area (Å²) in [5, 5.41) is 9.70. The molecule has 5 heteroatoms. The minimum Gasteiger partial charge on any atom is -0.489 e. The molecule has 0 unspecified atom stereocenters. The number of nitriles is 1. The van der Waals surface area contributed by atoms with Crippen molar-refractivity contribution in [1.82, 2.24) is 4.98 Å². The molecule has 0 radical (unpaired) electrons. The van der Waals surface area contributed by atoms with Gasteiger partial charge in [0.15, 0.2) is 0 Å². The van der Waals surface area contributed by atoms with Crippen LogP contribution in [0.3, 0.4) is 0 Å². The second-order valence-electron chi connectivity index (χ2n) is 3.80. The fourth-order valence-corrected chi connectivity index (χ4v) is 2.79.